The number of unbranched alkanes of at least 4 members (excludes halogenated alkanes) is 2. The Morgan fingerprint density at radius 1 is 0.451 bits per heavy atom. The maximum Gasteiger partial charge on any atom is 0.343 e. The van der Waals surface area contributed by atoms with Gasteiger partial charge in [-0.3, -0.25) is 0 Å². The predicted molar refractivity (Wildman–Crippen MR) is 193 cm³/mol. The maximum atomic E-state index is 12.7. The van der Waals surface area contributed by atoms with Crippen molar-refractivity contribution in [3.05, 3.63) is 150 Å². The predicted octanol–water partition coefficient (Wildman–Crippen LogP) is 8.86. The van der Waals surface area contributed by atoms with Crippen LogP contribution in [-0.2, 0) is 9.47 Å². The number of phenols is 2. The number of ether oxygens (including phenoxy) is 4. The smallest absolute Gasteiger partial charge is 0.343 e. The Morgan fingerprint density at radius 2 is 0.863 bits per heavy atom. The van der Waals surface area contributed by atoms with Gasteiger partial charge in [0.25, 0.3) is 0 Å². The number of rotatable bonds is 13. The highest BCUT2D eigenvalue weighted by Gasteiger charge is 2.13. The lowest BCUT2D eigenvalue weighted by molar-refractivity contribution is 0.0477. The molecule has 6 rings (SSSR count). The highest BCUT2D eigenvalue weighted by molar-refractivity contribution is 5.97. The van der Waals surface area contributed by atoms with Crippen LogP contribution in [0, 0.1) is 0 Å². The summed E-state index contributed by atoms with van der Waals surface area (Å²) >= 11 is 0. The van der Waals surface area contributed by atoms with Crippen LogP contribution in [0.4, 0.5) is 0 Å². The van der Waals surface area contributed by atoms with Crippen LogP contribution in [0.2, 0.25) is 0 Å². The SMILES string of the molecule is C=C(Oc1ccc2cc(C(=O)OCCCCCOC(=O)c3ccc4cc(OC(=O)c5ccc(O)cc5)ccc4c3)ccc2c1)c1ccc(O)cc1. The number of aromatic hydroxyl groups is 2. The van der Waals surface area contributed by atoms with Gasteiger partial charge in [0.1, 0.15) is 28.8 Å². The largest absolute Gasteiger partial charge is 0.508 e. The number of phenolic OH excluding ortho intramolecular Hbond substituents is 2. The van der Waals surface area contributed by atoms with Gasteiger partial charge in [-0.1, -0.05) is 30.8 Å². The summed E-state index contributed by atoms with van der Waals surface area (Å²) in [6.07, 6.45) is 1.95. The monoisotopic (exact) mass is 682 g/mol. The molecule has 256 valence electrons. The van der Waals surface area contributed by atoms with Crippen LogP contribution in [0.1, 0.15) is 55.9 Å². The third kappa shape index (κ3) is 8.90. The Labute approximate surface area is 293 Å². The first-order valence-corrected chi connectivity index (χ1v) is 16.3. The van der Waals surface area contributed by atoms with Gasteiger partial charge in [-0.25, -0.2) is 14.4 Å². The number of fused-ring (bicyclic) bond motifs is 2. The standard InChI is InChI=1S/C42H34O9/c1-27(28-9-15-36(43)16-10-28)50-38-19-13-30-23-34(7-5-32(30)25-38)40(45)48-21-3-2-4-22-49-41(46)35-8-6-33-26-39(20-14-31(33)24-35)51-42(47)29-11-17-37(44)18-12-29/h5-20,23-26,43-44H,1-4,21-22H2. The summed E-state index contributed by atoms with van der Waals surface area (Å²) in [6.45, 7) is 4.44. The van der Waals surface area contributed by atoms with E-state index in [2.05, 4.69) is 6.58 Å². The van der Waals surface area contributed by atoms with Crippen molar-refractivity contribution < 1.29 is 43.5 Å². The Morgan fingerprint density at radius 3 is 1.37 bits per heavy atom. The minimum atomic E-state index is -0.546. The lowest BCUT2D eigenvalue weighted by Gasteiger charge is -2.11. The van der Waals surface area contributed by atoms with E-state index >= 15 is 0 Å². The van der Waals surface area contributed by atoms with E-state index in [1.54, 1.807) is 78.9 Å². The molecule has 9 heteroatoms. The van der Waals surface area contributed by atoms with Gasteiger partial charge in [0.15, 0.2) is 0 Å². The van der Waals surface area contributed by atoms with E-state index in [0.717, 1.165) is 27.1 Å². The first-order chi connectivity index (χ1) is 24.7. The highest BCUT2D eigenvalue weighted by Crippen LogP contribution is 2.27. The van der Waals surface area contributed by atoms with Crippen molar-refractivity contribution in [2.45, 2.75) is 19.3 Å². The molecule has 0 saturated carbocycles. The van der Waals surface area contributed by atoms with Crippen molar-refractivity contribution in [3.8, 4) is 23.0 Å². The molecule has 0 aliphatic rings. The number of hydrogen-bond acceptors (Lipinski definition) is 9. The second kappa shape index (κ2) is 15.7. The lowest BCUT2D eigenvalue weighted by atomic mass is 10.1. The molecule has 0 aliphatic carbocycles. The molecule has 0 bridgehead atoms. The fraction of sp³-hybridized carbons (Fsp3) is 0.119. The third-order valence-corrected chi connectivity index (χ3v) is 8.09. The molecule has 0 aliphatic heterocycles. The first-order valence-electron chi connectivity index (χ1n) is 16.3. The van der Waals surface area contributed by atoms with Gasteiger partial charge in [0.2, 0.25) is 0 Å². The summed E-state index contributed by atoms with van der Waals surface area (Å²) in [5.74, 6) is 0.228. The molecule has 0 saturated heterocycles. The lowest BCUT2D eigenvalue weighted by Crippen LogP contribution is -2.08. The molecule has 6 aromatic carbocycles. The molecular weight excluding hydrogens is 648 g/mol. The minimum absolute atomic E-state index is 0.0586. The van der Waals surface area contributed by atoms with E-state index in [0.29, 0.717) is 53.2 Å². The molecular formula is C42H34O9. The fourth-order valence-electron chi connectivity index (χ4n) is 5.32. The molecule has 0 spiro atoms. The normalized spacial score (nSPS) is 10.8. The van der Waals surface area contributed by atoms with Crippen LogP contribution in [0.25, 0.3) is 27.3 Å². The second-order valence-electron chi connectivity index (χ2n) is 11.8. The highest BCUT2D eigenvalue weighted by atomic mass is 16.5. The van der Waals surface area contributed by atoms with Crippen molar-refractivity contribution >= 4 is 45.2 Å². The van der Waals surface area contributed by atoms with Crippen LogP contribution in [0.15, 0.2) is 128 Å². The summed E-state index contributed by atoms with van der Waals surface area (Å²) in [5, 5.41) is 22.2. The molecule has 0 atom stereocenters. The van der Waals surface area contributed by atoms with E-state index in [1.807, 2.05) is 18.2 Å². The molecule has 0 amide bonds. The van der Waals surface area contributed by atoms with Gasteiger partial charge in [0.05, 0.1) is 29.9 Å². The first kappa shape index (κ1) is 34.3. The van der Waals surface area contributed by atoms with Crippen LogP contribution < -0.4 is 9.47 Å². The van der Waals surface area contributed by atoms with Gasteiger partial charge < -0.3 is 29.2 Å². The van der Waals surface area contributed by atoms with Crippen molar-refractivity contribution in [1.29, 1.82) is 0 Å². The average Bonchev–Trinajstić information content (AvgIpc) is 3.14. The summed E-state index contributed by atoms with van der Waals surface area (Å²) in [7, 11) is 0. The topological polar surface area (TPSA) is 129 Å². The summed E-state index contributed by atoms with van der Waals surface area (Å²) in [5.41, 5.74) is 1.91. The third-order valence-electron chi connectivity index (χ3n) is 8.09. The van der Waals surface area contributed by atoms with E-state index in [1.165, 1.54) is 24.3 Å². The number of esters is 3. The zero-order valence-electron chi connectivity index (χ0n) is 27.5. The number of hydrogen-bond donors (Lipinski definition) is 2. The van der Waals surface area contributed by atoms with Crippen LogP contribution >= 0.6 is 0 Å². The van der Waals surface area contributed by atoms with Gasteiger partial charge in [-0.15, -0.1) is 0 Å². The molecule has 0 radical (unpaired) electrons. The minimum Gasteiger partial charge on any atom is -0.508 e. The Hall–Kier alpha value is -6.61. The molecule has 9 nitrogen and oxygen atoms in total. The Bertz CT molecular complexity index is 2060. The zero-order chi connectivity index (χ0) is 35.7. The quantitative estimate of drug-likeness (QED) is 0.0531. The number of benzene rings is 6. The van der Waals surface area contributed by atoms with Gasteiger partial charge in [-0.2, -0.15) is 0 Å². The van der Waals surface area contributed by atoms with Crippen LogP contribution in [0.3, 0.4) is 0 Å². The number of carbonyl (C=O) groups excluding carboxylic acids is 3. The zero-order valence-corrected chi connectivity index (χ0v) is 27.5. The van der Waals surface area contributed by atoms with Crippen molar-refractivity contribution in [2.75, 3.05) is 13.2 Å². The van der Waals surface area contributed by atoms with E-state index in [-0.39, 0.29) is 24.7 Å². The Kier molecular flexibility index (Phi) is 10.6. The van der Waals surface area contributed by atoms with Crippen LogP contribution in [0.5, 0.6) is 23.0 Å². The van der Waals surface area contributed by atoms with E-state index in [9.17, 15) is 24.6 Å². The molecule has 0 heterocycles. The summed E-state index contributed by atoms with van der Waals surface area (Å²) in [6, 6.07) is 33.5. The van der Waals surface area contributed by atoms with Crippen molar-refractivity contribution in [2.24, 2.45) is 0 Å². The fourth-order valence-corrected chi connectivity index (χ4v) is 5.32. The van der Waals surface area contributed by atoms with E-state index in [4.69, 9.17) is 18.9 Å². The molecule has 0 aromatic heterocycles. The van der Waals surface area contributed by atoms with Gasteiger partial charge in [-0.05, 0) is 138 Å². The molecule has 2 N–H and O–H groups in total. The van der Waals surface area contributed by atoms with Crippen LogP contribution in [-0.4, -0.2) is 41.3 Å². The van der Waals surface area contributed by atoms with Crippen molar-refractivity contribution in [1.82, 2.24) is 0 Å². The molecule has 6 aromatic rings. The van der Waals surface area contributed by atoms with Crippen molar-refractivity contribution in [3.63, 3.8) is 0 Å². The molecule has 0 fully saturated rings. The molecule has 51 heavy (non-hydrogen) atoms. The Balaban J connectivity index is 0.906. The maximum absolute atomic E-state index is 12.7. The van der Waals surface area contributed by atoms with E-state index < -0.39 is 17.9 Å². The average molecular weight is 683 g/mol. The number of carbonyl (C=O) groups is 3. The molecule has 0 unspecified atom stereocenters. The summed E-state index contributed by atoms with van der Waals surface area (Å²) < 4.78 is 22.2. The van der Waals surface area contributed by atoms with Gasteiger partial charge >= 0.3 is 17.9 Å². The summed E-state index contributed by atoms with van der Waals surface area (Å²) in [4.78, 5) is 37.7. The van der Waals surface area contributed by atoms with Gasteiger partial charge in [0, 0.05) is 5.56 Å². The second-order valence-corrected chi connectivity index (χ2v) is 11.8.